The van der Waals surface area contributed by atoms with E-state index in [1.54, 1.807) is 4.90 Å². The van der Waals surface area contributed by atoms with Crippen molar-refractivity contribution < 1.29 is 14.0 Å². The van der Waals surface area contributed by atoms with Gasteiger partial charge in [0.2, 0.25) is 17.7 Å². The summed E-state index contributed by atoms with van der Waals surface area (Å²) in [5.41, 5.74) is 2.16. The number of para-hydroxylation sites is 1. The molecule has 0 aliphatic carbocycles. The maximum Gasteiger partial charge on any atom is 0.247 e. The highest BCUT2D eigenvalue weighted by molar-refractivity contribution is 5.97. The molecule has 3 aromatic rings. The molecule has 2 heterocycles. The van der Waals surface area contributed by atoms with E-state index in [0.29, 0.717) is 24.6 Å². The van der Waals surface area contributed by atoms with E-state index in [4.69, 9.17) is 4.42 Å². The van der Waals surface area contributed by atoms with Gasteiger partial charge >= 0.3 is 0 Å². The van der Waals surface area contributed by atoms with Gasteiger partial charge in [0.15, 0.2) is 0 Å². The van der Waals surface area contributed by atoms with E-state index in [2.05, 4.69) is 10.3 Å². The number of nitrogens with one attached hydrogen (secondary N) is 1. The van der Waals surface area contributed by atoms with E-state index >= 15 is 0 Å². The molecule has 4 rings (SSSR count). The molecule has 28 heavy (non-hydrogen) atoms. The van der Waals surface area contributed by atoms with Crippen LogP contribution in [0.2, 0.25) is 0 Å². The van der Waals surface area contributed by atoms with Gasteiger partial charge in [0, 0.05) is 17.8 Å². The Hall–Kier alpha value is -3.41. The lowest BCUT2D eigenvalue weighted by Crippen LogP contribution is -2.43. The third kappa shape index (κ3) is 3.96. The Morgan fingerprint density at radius 1 is 1.07 bits per heavy atom. The van der Waals surface area contributed by atoms with E-state index in [1.165, 1.54) is 6.26 Å². The van der Waals surface area contributed by atoms with Gasteiger partial charge in [-0.25, -0.2) is 4.98 Å². The molecule has 1 saturated heterocycles. The van der Waals surface area contributed by atoms with Crippen molar-refractivity contribution in [2.24, 2.45) is 0 Å². The van der Waals surface area contributed by atoms with Gasteiger partial charge in [-0.1, -0.05) is 36.4 Å². The Labute approximate surface area is 163 Å². The van der Waals surface area contributed by atoms with Gasteiger partial charge in [-0.15, -0.1) is 0 Å². The molecule has 2 amide bonds. The van der Waals surface area contributed by atoms with Crippen molar-refractivity contribution in [3.05, 3.63) is 72.6 Å². The van der Waals surface area contributed by atoms with Gasteiger partial charge in [-0.2, -0.15) is 0 Å². The van der Waals surface area contributed by atoms with Gasteiger partial charge in [-0.3, -0.25) is 9.59 Å². The van der Waals surface area contributed by atoms with Crippen molar-refractivity contribution in [1.82, 2.24) is 9.88 Å². The third-order valence-electron chi connectivity index (χ3n) is 4.82. The molecule has 2 aromatic carbocycles. The first-order chi connectivity index (χ1) is 13.7. The summed E-state index contributed by atoms with van der Waals surface area (Å²) in [5.74, 6) is 0.226. The molecular formula is C22H21N3O3. The summed E-state index contributed by atoms with van der Waals surface area (Å²) in [6, 6.07) is 18.4. The average Bonchev–Trinajstić information content (AvgIpc) is 3.39. The van der Waals surface area contributed by atoms with E-state index < -0.39 is 6.04 Å². The lowest BCUT2D eigenvalue weighted by molar-refractivity contribution is -0.136. The molecule has 1 unspecified atom stereocenters. The average molecular weight is 375 g/mol. The molecule has 6 nitrogen and oxygen atoms in total. The Bertz CT molecular complexity index is 953. The monoisotopic (exact) mass is 375 g/mol. The Morgan fingerprint density at radius 3 is 2.54 bits per heavy atom. The minimum atomic E-state index is -0.451. The summed E-state index contributed by atoms with van der Waals surface area (Å²) >= 11 is 0. The van der Waals surface area contributed by atoms with Crippen LogP contribution in [-0.2, 0) is 16.0 Å². The fraction of sp³-hybridized carbons (Fsp3) is 0.227. The minimum absolute atomic E-state index is 0.112. The molecule has 1 aliphatic rings. The highest BCUT2D eigenvalue weighted by Gasteiger charge is 2.34. The number of likely N-dealkylation sites (tertiary alicyclic amines) is 1. The number of benzene rings is 2. The van der Waals surface area contributed by atoms with Gasteiger partial charge in [0.05, 0.1) is 12.1 Å². The topological polar surface area (TPSA) is 75.4 Å². The van der Waals surface area contributed by atoms with E-state index in [9.17, 15) is 9.59 Å². The normalized spacial score (nSPS) is 16.1. The lowest BCUT2D eigenvalue weighted by Gasteiger charge is -2.23. The summed E-state index contributed by atoms with van der Waals surface area (Å²) < 4.78 is 5.51. The molecule has 0 bridgehead atoms. The highest BCUT2D eigenvalue weighted by Crippen LogP contribution is 2.22. The molecule has 1 aliphatic heterocycles. The largest absolute Gasteiger partial charge is 0.444 e. The fourth-order valence-corrected chi connectivity index (χ4v) is 3.44. The summed E-state index contributed by atoms with van der Waals surface area (Å²) in [6.45, 7) is 0.578. The second kappa shape index (κ2) is 8.08. The van der Waals surface area contributed by atoms with Crippen molar-refractivity contribution in [2.45, 2.75) is 25.3 Å². The van der Waals surface area contributed by atoms with Crippen LogP contribution in [0.5, 0.6) is 0 Å². The number of rotatable bonds is 5. The Balaban J connectivity index is 1.41. The van der Waals surface area contributed by atoms with Crippen LogP contribution in [0, 0.1) is 0 Å². The fourth-order valence-electron chi connectivity index (χ4n) is 3.44. The number of nitrogens with zero attached hydrogens (tertiary/aromatic N) is 2. The van der Waals surface area contributed by atoms with E-state index in [0.717, 1.165) is 17.7 Å². The van der Waals surface area contributed by atoms with Crippen LogP contribution < -0.4 is 5.32 Å². The smallest absolute Gasteiger partial charge is 0.247 e. The maximum atomic E-state index is 12.8. The summed E-state index contributed by atoms with van der Waals surface area (Å²) in [5, 5.41) is 2.89. The van der Waals surface area contributed by atoms with Crippen LogP contribution in [0.25, 0.3) is 11.5 Å². The molecule has 1 aromatic heterocycles. The molecule has 1 atom stereocenters. The number of carbonyl (C=O) groups is 2. The van der Waals surface area contributed by atoms with Crippen molar-refractivity contribution in [3.63, 3.8) is 0 Å². The number of oxazole rings is 1. The zero-order chi connectivity index (χ0) is 19.3. The van der Waals surface area contributed by atoms with Gasteiger partial charge < -0.3 is 14.6 Å². The number of aromatic nitrogens is 1. The zero-order valence-electron chi connectivity index (χ0n) is 15.4. The van der Waals surface area contributed by atoms with Crippen molar-refractivity contribution >= 4 is 17.5 Å². The van der Waals surface area contributed by atoms with Crippen LogP contribution in [0.3, 0.4) is 0 Å². The third-order valence-corrected chi connectivity index (χ3v) is 4.82. The minimum Gasteiger partial charge on any atom is -0.444 e. The molecule has 0 spiro atoms. The van der Waals surface area contributed by atoms with E-state index in [1.807, 2.05) is 60.7 Å². The van der Waals surface area contributed by atoms with Gasteiger partial charge in [-0.05, 0) is 37.1 Å². The number of hydrogen-bond acceptors (Lipinski definition) is 4. The number of anilines is 1. The zero-order valence-corrected chi connectivity index (χ0v) is 15.4. The summed E-state index contributed by atoms with van der Waals surface area (Å²) in [7, 11) is 0. The maximum absolute atomic E-state index is 12.8. The van der Waals surface area contributed by atoms with Crippen LogP contribution in [0.1, 0.15) is 18.5 Å². The SMILES string of the molecule is O=C(Nc1ccccc1)C1CCCN1C(=O)Cc1coc(-c2ccccc2)n1. The van der Waals surface area contributed by atoms with Crippen LogP contribution >= 0.6 is 0 Å². The molecule has 0 radical (unpaired) electrons. The first-order valence-electron chi connectivity index (χ1n) is 9.36. The number of hydrogen-bond donors (Lipinski definition) is 1. The molecule has 142 valence electrons. The number of amides is 2. The van der Waals surface area contributed by atoms with Gasteiger partial charge in [0.1, 0.15) is 12.3 Å². The van der Waals surface area contributed by atoms with Crippen molar-refractivity contribution in [2.75, 3.05) is 11.9 Å². The van der Waals surface area contributed by atoms with E-state index in [-0.39, 0.29) is 18.2 Å². The molecular weight excluding hydrogens is 354 g/mol. The first-order valence-corrected chi connectivity index (χ1v) is 9.36. The van der Waals surface area contributed by atoms with Crippen molar-refractivity contribution in [1.29, 1.82) is 0 Å². The predicted molar refractivity (Wildman–Crippen MR) is 105 cm³/mol. The predicted octanol–water partition coefficient (Wildman–Crippen LogP) is 3.51. The van der Waals surface area contributed by atoms with Crippen LogP contribution in [0.15, 0.2) is 71.3 Å². The van der Waals surface area contributed by atoms with Gasteiger partial charge in [0.25, 0.3) is 0 Å². The first kappa shape index (κ1) is 18.0. The molecule has 6 heteroatoms. The second-order valence-electron chi connectivity index (χ2n) is 6.79. The molecule has 1 fully saturated rings. The van der Waals surface area contributed by atoms with Crippen LogP contribution in [0.4, 0.5) is 5.69 Å². The standard InChI is InChI=1S/C22H21N3O3/c26-20(14-18-15-28-22(24-18)16-8-3-1-4-9-16)25-13-7-12-19(25)21(27)23-17-10-5-2-6-11-17/h1-6,8-11,15,19H,7,12-14H2,(H,23,27). The summed E-state index contributed by atoms with van der Waals surface area (Å²) in [4.78, 5) is 31.5. The quantitative estimate of drug-likeness (QED) is 0.740. The Kier molecular flexibility index (Phi) is 5.19. The number of carbonyl (C=O) groups excluding carboxylic acids is 2. The Morgan fingerprint density at radius 2 is 1.79 bits per heavy atom. The van der Waals surface area contributed by atoms with Crippen LogP contribution in [-0.4, -0.2) is 34.3 Å². The highest BCUT2D eigenvalue weighted by atomic mass is 16.3. The molecule has 0 saturated carbocycles. The second-order valence-corrected chi connectivity index (χ2v) is 6.79. The molecule has 1 N–H and O–H groups in total. The summed E-state index contributed by atoms with van der Waals surface area (Å²) in [6.07, 6.45) is 3.10. The lowest BCUT2D eigenvalue weighted by atomic mass is 10.2. The van der Waals surface area contributed by atoms with Crippen molar-refractivity contribution in [3.8, 4) is 11.5 Å².